The average Bonchev–Trinajstić information content (AvgIpc) is 2.66. The zero-order valence-corrected chi connectivity index (χ0v) is 15.4. The second-order valence-electron chi connectivity index (χ2n) is 6.60. The molecule has 0 spiro atoms. The van der Waals surface area contributed by atoms with Crippen LogP contribution >= 0.6 is 11.6 Å². The highest BCUT2D eigenvalue weighted by molar-refractivity contribution is 6.33. The topological polar surface area (TPSA) is 63.7 Å². The van der Waals surface area contributed by atoms with Gasteiger partial charge < -0.3 is 19.7 Å². The first-order valence-electron chi connectivity index (χ1n) is 8.79. The normalized spacial score (nSPS) is 21.9. The number of anilines is 1. The van der Waals surface area contributed by atoms with Crippen LogP contribution in [0.3, 0.4) is 0 Å². The van der Waals surface area contributed by atoms with Crippen LogP contribution in [0.15, 0.2) is 12.3 Å². The number of piperidine rings is 1. The van der Waals surface area contributed by atoms with Gasteiger partial charge in [0.2, 0.25) is 5.91 Å². The summed E-state index contributed by atoms with van der Waals surface area (Å²) >= 11 is 5.99. The van der Waals surface area contributed by atoms with Gasteiger partial charge in [-0.25, -0.2) is 4.98 Å². The summed E-state index contributed by atoms with van der Waals surface area (Å²) in [6.45, 7) is 2.98. The molecule has 0 aromatic carbocycles. The van der Waals surface area contributed by atoms with Crippen LogP contribution in [0.25, 0.3) is 0 Å². The van der Waals surface area contributed by atoms with E-state index in [1.165, 1.54) is 0 Å². The first-order valence-corrected chi connectivity index (χ1v) is 9.17. The summed E-state index contributed by atoms with van der Waals surface area (Å²) < 4.78 is 48.9. The molecule has 2 aliphatic heterocycles. The van der Waals surface area contributed by atoms with Crippen molar-refractivity contribution >= 4 is 23.3 Å². The number of nitrogens with zero attached hydrogens (tertiary/aromatic N) is 2. The van der Waals surface area contributed by atoms with Gasteiger partial charge in [0.15, 0.2) is 0 Å². The van der Waals surface area contributed by atoms with Gasteiger partial charge in [-0.05, 0) is 18.9 Å². The van der Waals surface area contributed by atoms with Crippen molar-refractivity contribution in [1.82, 2.24) is 10.3 Å². The molecule has 0 radical (unpaired) electrons. The van der Waals surface area contributed by atoms with E-state index in [4.69, 9.17) is 21.1 Å². The zero-order chi connectivity index (χ0) is 19.4. The van der Waals surface area contributed by atoms with E-state index < -0.39 is 11.7 Å². The van der Waals surface area contributed by atoms with Crippen LogP contribution in [0, 0.1) is 5.92 Å². The number of nitrogens with one attached hydrogen (secondary N) is 1. The molecule has 2 saturated heterocycles. The number of ether oxygens (including phenoxy) is 2. The van der Waals surface area contributed by atoms with E-state index in [1.807, 2.05) is 4.90 Å². The highest BCUT2D eigenvalue weighted by Crippen LogP contribution is 2.34. The summed E-state index contributed by atoms with van der Waals surface area (Å²) in [5.74, 6) is 0.116. The van der Waals surface area contributed by atoms with E-state index in [-0.39, 0.29) is 23.0 Å². The highest BCUT2D eigenvalue weighted by atomic mass is 35.5. The van der Waals surface area contributed by atoms with E-state index in [2.05, 4.69) is 10.3 Å². The second-order valence-corrected chi connectivity index (χ2v) is 7.01. The fourth-order valence-corrected chi connectivity index (χ4v) is 3.47. The Bertz CT molecular complexity index is 661. The fraction of sp³-hybridized carbons (Fsp3) is 0.647. The highest BCUT2D eigenvalue weighted by Gasteiger charge is 2.33. The maximum absolute atomic E-state index is 12.7. The molecule has 1 aromatic rings. The summed E-state index contributed by atoms with van der Waals surface area (Å²) in [7, 11) is 0. The van der Waals surface area contributed by atoms with E-state index in [1.54, 1.807) is 0 Å². The molecule has 0 saturated carbocycles. The van der Waals surface area contributed by atoms with Crippen molar-refractivity contribution in [3.05, 3.63) is 22.8 Å². The third kappa shape index (κ3) is 5.24. The van der Waals surface area contributed by atoms with Gasteiger partial charge in [-0.2, -0.15) is 13.2 Å². The van der Waals surface area contributed by atoms with Crippen molar-refractivity contribution in [2.75, 3.05) is 44.4 Å². The first kappa shape index (κ1) is 20.2. The maximum atomic E-state index is 12.7. The summed E-state index contributed by atoms with van der Waals surface area (Å²) in [4.78, 5) is 18.0. The molecule has 0 aliphatic carbocycles. The van der Waals surface area contributed by atoms with Crippen LogP contribution in [0.2, 0.25) is 5.02 Å². The van der Waals surface area contributed by atoms with Crippen LogP contribution in [-0.4, -0.2) is 56.5 Å². The third-order valence-electron chi connectivity index (χ3n) is 4.70. The quantitative estimate of drug-likeness (QED) is 0.831. The Morgan fingerprint density at radius 3 is 2.67 bits per heavy atom. The van der Waals surface area contributed by atoms with E-state index >= 15 is 0 Å². The minimum Gasteiger partial charge on any atom is -0.376 e. The minimum absolute atomic E-state index is 0.0397. The molecule has 3 rings (SSSR count). The van der Waals surface area contributed by atoms with Crippen LogP contribution in [0.5, 0.6) is 0 Å². The van der Waals surface area contributed by atoms with Crippen molar-refractivity contribution in [1.29, 1.82) is 0 Å². The van der Waals surface area contributed by atoms with E-state index in [0.717, 1.165) is 12.3 Å². The lowest BCUT2D eigenvalue weighted by molar-refractivity contribution is -0.137. The summed E-state index contributed by atoms with van der Waals surface area (Å²) in [5.41, 5.74) is -0.876. The molecule has 3 heterocycles. The lowest BCUT2D eigenvalue weighted by Gasteiger charge is -2.33. The van der Waals surface area contributed by atoms with Gasteiger partial charge in [0.05, 0.1) is 36.5 Å². The van der Waals surface area contributed by atoms with Crippen LogP contribution in [0.1, 0.15) is 18.4 Å². The average molecular weight is 408 g/mol. The molecular formula is C17H21ClF3N3O3. The number of rotatable bonds is 4. The number of amides is 1. The Labute approximate surface area is 160 Å². The molecule has 1 aromatic heterocycles. The Hall–Kier alpha value is -1.58. The van der Waals surface area contributed by atoms with E-state index in [9.17, 15) is 18.0 Å². The van der Waals surface area contributed by atoms with Crippen molar-refractivity contribution in [2.24, 2.45) is 5.92 Å². The second kappa shape index (κ2) is 8.62. The molecule has 1 N–H and O–H groups in total. The Kier molecular flexibility index (Phi) is 6.44. The van der Waals surface area contributed by atoms with Gasteiger partial charge in [0.1, 0.15) is 5.82 Å². The number of aromatic nitrogens is 1. The van der Waals surface area contributed by atoms with Crippen LogP contribution < -0.4 is 10.2 Å². The van der Waals surface area contributed by atoms with Gasteiger partial charge in [0.25, 0.3) is 0 Å². The smallest absolute Gasteiger partial charge is 0.376 e. The first-order chi connectivity index (χ1) is 12.8. The molecule has 0 unspecified atom stereocenters. The lowest BCUT2D eigenvalue weighted by Crippen LogP contribution is -2.45. The summed E-state index contributed by atoms with van der Waals surface area (Å²) in [6.07, 6.45) is -2.67. The monoisotopic (exact) mass is 407 g/mol. The van der Waals surface area contributed by atoms with Gasteiger partial charge >= 0.3 is 6.18 Å². The van der Waals surface area contributed by atoms with Crippen LogP contribution in [-0.2, 0) is 20.4 Å². The molecule has 6 nitrogen and oxygen atoms in total. The van der Waals surface area contributed by atoms with Crippen molar-refractivity contribution in [3.8, 4) is 0 Å². The molecule has 27 heavy (non-hydrogen) atoms. The van der Waals surface area contributed by atoms with Crippen molar-refractivity contribution in [2.45, 2.75) is 25.1 Å². The molecule has 0 bridgehead atoms. The number of halogens is 4. The molecule has 10 heteroatoms. The lowest BCUT2D eigenvalue weighted by atomic mass is 9.96. The minimum atomic E-state index is -4.48. The SMILES string of the molecule is O=C(NC[C@H]1COCCO1)C1CCN(c2ncc(C(F)(F)F)cc2Cl)CC1. The molecule has 2 aliphatic rings. The number of hydrogen-bond donors (Lipinski definition) is 1. The largest absolute Gasteiger partial charge is 0.417 e. The Balaban J connectivity index is 1.50. The number of hydrogen-bond acceptors (Lipinski definition) is 5. The number of alkyl halides is 3. The van der Waals surface area contributed by atoms with Gasteiger partial charge in [-0.1, -0.05) is 11.6 Å². The Morgan fingerprint density at radius 2 is 2.07 bits per heavy atom. The van der Waals surface area contributed by atoms with Crippen LogP contribution in [0.4, 0.5) is 19.0 Å². The van der Waals surface area contributed by atoms with Gasteiger partial charge in [0, 0.05) is 31.7 Å². The molecule has 2 fully saturated rings. The predicted octanol–water partition coefficient (Wildman–Crippen LogP) is 2.50. The zero-order valence-electron chi connectivity index (χ0n) is 14.6. The van der Waals surface area contributed by atoms with Crippen molar-refractivity contribution < 1.29 is 27.4 Å². The fourth-order valence-electron chi connectivity index (χ4n) is 3.19. The number of pyridine rings is 1. The molecule has 1 atom stereocenters. The maximum Gasteiger partial charge on any atom is 0.417 e. The standard InChI is InChI=1S/C17H21ClF3N3O3/c18-14-7-12(17(19,20)21)8-22-15(14)24-3-1-11(2-4-24)16(25)23-9-13-10-26-5-6-27-13/h7-8,11,13H,1-6,9-10H2,(H,23,25)/t13-/m0/s1. The number of carbonyl (C=O) groups is 1. The number of carbonyl (C=O) groups excluding carboxylic acids is 1. The summed E-state index contributed by atoms with van der Waals surface area (Å²) in [6, 6.07) is 0.884. The Morgan fingerprint density at radius 1 is 1.33 bits per heavy atom. The van der Waals surface area contributed by atoms with Crippen molar-refractivity contribution in [3.63, 3.8) is 0 Å². The molecule has 150 valence electrons. The molecular weight excluding hydrogens is 387 g/mol. The molecule has 1 amide bonds. The summed E-state index contributed by atoms with van der Waals surface area (Å²) in [5, 5.41) is 2.84. The van der Waals surface area contributed by atoms with Gasteiger partial charge in [-0.3, -0.25) is 4.79 Å². The van der Waals surface area contributed by atoms with Gasteiger partial charge in [-0.15, -0.1) is 0 Å². The third-order valence-corrected chi connectivity index (χ3v) is 4.98. The predicted molar refractivity (Wildman–Crippen MR) is 92.8 cm³/mol. The van der Waals surface area contributed by atoms with E-state index in [0.29, 0.717) is 58.1 Å².